The van der Waals surface area contributed by atoms with Crippen LogP contribution in [-0.2, 0) is 6.42 Å². The number of hydrogen-bond acceptors (Lipinski definition) is 1. The van der Waals surface area contributed by atoms with E-state index in [1.165, 1.54) is 48.8 Å². The zero-order valence-electron chi connectivity index (χ0n) is 11.4. The van der Waals surface area contributed by atoms with E-state index in [-0.39, 0.29) is 0 Å². The van der Waals surface area contributed by atoms with Crippen molar-refractivity contribution in [2.75, 3.05) is 7.05 Å². The van der Waals surface area contributed by atoms with Crippen LogP contribution in [0.4, 0.5) is 0 Å². The highest BCUT2D eigenvalue weighted by Gasteiger charge is 2.20. The predicted molar refractivity (Wildman–Crippen MR) is 74.4 cm³/mol. The Labute approximate surface area is 106 Å². The second kappa shape index (κ2) is 5.68. The Hall–Kier alpha value is -0.820. The summed E-state index contributed by atoms with van der Waals surface area (Å²) in [5, 5.41) is 3.44. The van der Waals surface area contributed by atoms with Gasteiger partial charge in [-0.25, -0.2) is 0 Å². The lowest BCUT2D eigenvalue weighted by Gasteiger charge is -2.29. The van der Waals surface area contributed by atoms with Gasteiger partial charge in [-0.3, -0.25) is 0 Å². The second-order valence-electron chi connectivity index (χ2n) is 5.64. The van der Waals surface area contributed by atoms with Gasteiger partial charge >= 0.3 is 0 Å². The van der Waals surface area contributed by atoms with Crippen molar-refractivity contribution in [3.05, 3.63) is 34.9 Å². The third kappa shape index (κ3) is 3.32. The summed E-state index contributed by atoms with van der Waals surface area (Å²) in [6.07, 6.45) is 6.77. The van der Waals surface area contributed by atoms with Crippen LogP contribution >= 0.6 is 0 Å². The van der Waals surface area contributed by atoms with Gasteiger partial charge in [0.05, 0.1) is 0 Å². The minimum atomic E-state index is 0.750. The van der Waals surface area contributed by atoms with Gasteiger partial charge in [0.2, 0.25) is 0 Å². The van der Waals surface area contributed by atoms with Crippen molar-refractivity contribution in [2.24, 2.45) is 5.92 Å². The number of nitrogens with one attached hydrogen (secondary N) is 1. The molecular formula is C16H25N. The molecule has 1 aliphatic rings. The maximum Gasteiger partial charge on any atom is 0.00668 e. The number of rotatable bonds is 3. The molecule has 1 saturated carbocycles. The summed E-state index contributed by atoms with van der Waals surface area (Å²) in [4.78, 5) is 0. The molecule has 17 heavy (non-hydrogen) atoms. The molecule has 0 amide bonds. The maximum atomic E-state index is 3.44. The van der Waals surface area contributed by atoms with Gasteiger partial charge in [-0.2, -0.15) is 0 Å². The smallest absolute Gasteiger partial charge is 0.00668 e. The molecule has 0 aromatic heterocycles. The minimum Gasteiger partial charge on any atom is -0.317 e. The van der Waals surface area contributed by atoms with E-state index in [9.17, 15) is 0 Å². The molecule has 0 bridgehead atoms. The standard InChI is InChI=1S/C16H25N/c1-12-7-8-15(9-13(12)2)10-14-5-4-6-16(11-14)17-3/h7-9,14,16-17H,4-6,10-11H2,1-3H3. The quantitative estimate of drug-likeness (QED) is 0.837. The van der Waals surface area contributed by atoms with Gasteiger partial charge in [0.25, 0.3) is 0 Å². The van der Waals surface area contributed by atoms with Gasteiger partial charge in [0.15, 0.2) is 0 Å². The molecule has 1 aromatic carbocycles. The molecule has 1 aromatic rings. The van der Waals surface area contributed by atoms with Crippen molar-refractivity contribution in [1.82, 2.24) is 5.32 Å². The van der Waals surface area contributed by atoms with Crippen molar-refractivity contribution in [1.29, 1.82) is 0 Å². The van der Waals surface area contributed by atoms with Gasteiger partial charge < -0.3 is 5.32 Å². The van der Waals surface area contributed by atoms with Crippen LogP contribution in [-0.4, -0.2) is 13.1 Å². The fourth-order valence-electron chi connectivity index (χ4n) is 3.00. The van der Waals surface area contributed by atoms with E-state index in [1.54, 1.807) is 0 Å². The highest BCUT2D eigenvalue weighted by Crippen LogP contribution is 2.27. The van der Waals surface area contributed by atoms with Gasteiger partial charge in [0, 0.05) is 6.04 Å². The monoisotopic (exact) mass is 231 g/mol. The molecule has 1 N–H and O–H groups in total. The topological polar surface area (TPSA) is 12.0 Å². The summed E-state index contributed by atoms with van der Waals surface area (Å²) >= 11 is 0. The largest absolute Gasteiger partial charge is 0.317 e. The first-order valence-corrected chi connectivity index (χ1v) is 6.92. The van der Waals surface area contributed by atoms with Crippen LogP contribution in [0.2, 0.25) is 0 Å². The van der Waals surface area contributed by atoms with Crippen LogP contribution in [0.1, 0.15) is 42.4 Å². The Balaban J connectivity index is 1.97. The highest BCUT2D eigenvalue weighted by molar-refractivity contribution is 5.30. The van der Waals surface area contributed by atoms with Gasteiger partial charge in [0.1, 0.15) is 0 Å². The first kappa shape index (κ1) is 12.6. The molecule has 0 spiro atoms. The van der Waals surface area contributed by atoms with Crippen molar-refractivity contribution in [3.63, 3.8) is 0 Å². The molecule has 0 aliphatic heterocycles. The van der Waals surface area contributed by atoms with Crippen molar-refractivity contribution in [2.45, 2.75) is 52.0 Å². The van der Waals surface area contributed by atoms with Crippen molar-refractivity contribution < 1.29 is 0 Å². The average molecular weight is 231 g/mol. The molecule has 0 saturated heterocycles. The highest BCUT2D eigenvalue weighted by atomic mass is 14.9. The first-order valence-electron chi connectivity index (χ1n) is 6.92. The number of hydrogen-bond donors (Lipinski definition) is 1. The molecule has 94 valence electrons. The van der Waals surface area contributed by atoms with E-state index in [2.05, 4.69) is 44.4 Å². The third-order valence-corrected chi connectivity index (χ3v) is 4.29. The molecular weight excluding hydrogens is 206 g/mol. The molecule has 2 unspecified atom stereocenters. The first-order chi connectivity index (χ1) is 8.19. The minimum absolute atomic E-state index is 0.750. The van der Waals surface area contributed by atoms with Crippen LogP contribution < -0.4 is 5.32 Å². The Kier molecular flexibility index (Phi) is 4.22. The molecule has 0 radical (unpaired) electrons. The van der Waals surface area contributed by atoms with Gasteiger partial charge in [-0.05, 0) is 62.8 Å². The molecule has 2 atom stereocenters. The third-order valence-electron chi connectivity index (χ3n) is 4.29. The molecule has 2 rings (SSSR count). The van der Waals surface area contributed by atoms with E-state index >= 15 is 0 Å². The van der Waals surface area contributed by atoms with Crippen LogP contribution in [0.25, 0.3) is 0 Å². The number of aryl methyl sites for hydroxylation is 2. The Morgan fingerprint density at radius 3 is 2.71 bits per heavy atom. The average Bonchev–Trinajstić information content (AvgIpc) is 2.34. The summed E-state index contributed by atoms with van der Waals surface area (Å²) in [6.45, 7) is 4.41. The fourth-order valence-corrected chi connectivity index (χ4v) is 3.00. The lowest BCUT2D eigenvalue weighted by atomic mass is 9.82. The summed E-state index contributed by atoms with van der Waals surface area (Å²) in [5.41, 5.74) is 4.36. The van der Waals surface area contributed by atoms with E-state index in [0.29, 0.717) is 0 Å². The number of benzene rings is 1. The maximum absolute atomic E-state index is 3.44. The van der Waals surface area contributed by atoms with E-state index in [4.69, 9.17) is 0 Å². The van der Waals surface area contributed by atoms with E-state index in [1.807, 2.05) is 0 Å². The molecule has 1 nitrogen and oxygen atoms in total. The Morgan fingerprint density at radius 1 is 1.18 bits per heavy atom. The summed E-state index contributed by atoms with van der Waals surface area (Å²) in [6, 6.07) is 7.70. The van der Waals surface area contributed by atoms with Crippen LogP contribution in [0, 0.1) is 19.8 Å². The molecule has 1 aliphatic carbocycles. The normalized spacial score (nSPS) is 24.9. The second-order valence-corrected chi connectivity index (χ2v) is 5.64. The molecule has 1 fully saturated rings. The zero-order valence-corrected chi connectivity index (χ0v) is 11.4. The SMILES string of the molecule is CNC1CCCC(Cc2ccc(C)c(C)c2)C1. The van der Waals surface area contributed by atoms with E-state index in [0.717, 1.165) is 12.0 Å². The van der Waals surface area contributed by atoms with Crippen molar-refractivity contribution in [3.8, 4) is 0 Å². The lowest BCUT2D eigenvalue weighted by Crippen LogP contribution is -2.31. The zero-order chi connectivity index (χ0) is 12.3. The Morgan fingerprint density at radius 2 is 2.00 bits per heavy atom. The van der Waals surface area contributed by atoms with Gasteiger partial charge in [-0.1, -0.05) is 31.0 Å². The van der Waals surface area contributed by atoms with Crippen molar-refractivity contribution >= 4 is 0 Å². The molecule has 0 heterocycles. The summed E-state index contributed by atoms with van der Waals surface area (Å²) in [5.74, 6) is 0.878. The predicted octanol–water partition coefficient (Wildman–Crippen LogP) is 3.62. The van der Waals surface area contributed by atoms with E-state index < -0.39 is 0 Å². The summed E-state index contributed by atoms with van der Waals surface area (Å²) in [7, 11) is 2.10. The summed E-state index contributed by atoms with van der Waals surface area (Å²) < 4.78 is 0. The van der Waals surface area contributed by atoms with Crippen LogP contribution in [0.3, 0.4) is 0 Å². The van der Waals surface area contributed by atoms with Gasteiger partial charge in [-0.15, -0.1) is 0 Å². The molecule has 1 heteroatoms. The lowest BCUT2D eigenvalue weighted by molar-refractivity contribution is 0.294. The van der Waals surface area contributed by atoms with Crippen LogP contribution in [0.15, 0.2) is 18.2 Å². The fraction of sp³-hybridized carbons (Fsp3) is 0.625. The Bertz CT molecular complexity index is 370. The van der Waals surface area contributed by atoms with Crippen LogP contribution in [0.5, 0.6) is 0 Å².